The normalized spacial score (nSPS) is 30.6. The van der Waals surface area contributed by atoms with Crippen LogP contribution < -0.4 is 0 Å². The number of carbonyl (C=O) groups is 1. The van der Waals surface area contributed by atoms with Crippen LogP contribution in [-0.2, 0) is 4.79 Å². The molecule has 0 aromatic rings. The van der Waals surface area contributed by atoms with E-state index in [1.807, 2.05) is 11.8 Å². The molecule has 1 spiro atoms. The van der Waals surface area contributed by atoms with E-state index in [-0.39, 0.29) is 4.08 Å². The molecule has 0 radical (unpaired) electrons. The van der Waals surface area contributed by atoms with Gasteiger partial charge in [-0.2, -0.15) is 0 Å². The number of rotatable bonds is 7. The third kappa shape index (κ3) is 2.81. The molecule has 0 saturated carbocycles. The SMILES string of the molecule is CCCCC(CC)CN1C=C2C(I)=CSC23SC(C=O)=CC13. The van der Waals surface area contributed by atoms with Gasteiger partial charge in [0.1, 0.15) is 4.08 Å². The summed E-state index contributed by atoms with van der Waals surface area (Å²) in [4.78, 5) is 14.7. The molecule has 120 valence electrons. The highest BCUT2D eigenvalue weighted by atomic mass is 127. The number of aldehydes is 1. The van der Waals surface area contributed by atoms with Gasteiger partial charge in [0.25, 0.3) is 0 Å². The molecule has 0 fully saturated rings. The van der Waals surface area contributed by atoms with Gasteiger partial charge in [-0.3, -0.25) is 4.79 Å². The Hall–Kier alpha value is 0.120. The number of nitrogens with zero attached hydrogens (tertiary/aromatic N) is 1. The molecule has 3 rings (SSSR count). The lowest BCUT2D eigenvalue weighted by atomic mass is 9.98. The fourth-order valence-electron chi connectivity index (χ4n) is 3.43. The zero-order valence-electron chi connectivity index (χ0n) is 13.0. The van der Waals surface area contributed by atoms with Crippen molar-refractivity contribution in [3.05, 3.63) is 31.7 Å². The Morgan fingerprint density at radius 2 is 2.32 bits per heavy atom. The smallest absolute Gasteiger partial charge is 0.156 e. The molecule has 5 heteroatoms. The van der Waals surface area contributed by atoms with E-state index < -0.39 is 0 Å². The molecule has 2 nitrogen and oxygen atoms in total. The van der Waals surface area contributed by atoms with E-state index in [1.54, 1.807) is 11.8 Å². The number of hydrogen-bond acceptors (Lipinski definition) is 4. The van der Waals surface area contributed by atoms with E-state index in [0.29, 0.717) is 6.04 Å². The second kappa shape index (κ2) is 6.93. The topological polar surface area (TPSA) is 20.3 Å². The van der Waals surface area contributed by atoms with Crippen molar-refractivity contribution in [2.24, 2.45) is 5.92 Å². The number of allylic oxidation sites excluding steroid dienone is 2. The Kier molecular flexibility index (Phi) is 5.34. The maximum Gasteiger partial charge on any atom is 0.156 e. The summed E-state index contributed by atoms with van der Waals surface area (Å²) in [5.74, 6) is 0.748. The highest BCUT2D eigenvalue weighted by molar-refractivity contribution is 14.1. The van der Waals surface area contributed by atoms with Gasteiger partial charge in [-0.15, -0.1) is 11.8 Å². The summed E-state index contributed by atoms with van der Waals surface area (Å²) in [7, 11) is 0. The van der Waals surface area contributed by atoms with E-state index in [9.17, 15) is 4.79 Å². The molecule has 0 saturated heterocycles. The van der Waals surface area contributed by atoms with Crippen LogP contribution in [0.5, 0.6) is 0 Å². The molecule has 3 aliphatic rings. The van der Waals surface area contributed by atoms with Crippen LogP contribution in [0.25, 0.3) is 0 Å². The summed E-state index contributed by atoms with van der Waals surface area (Å²) in [6, 6.07) is 0.330. The van der Waals surface area contributed by atoms with Crippen molar-refractivity contribution in [3.8, 4) is 0 Å². The van der Waals surface area contributed by atoms with E-state index in [4.69, 9.17) is 0 Å². The first-order chi connectivity index (χ1) is 10.6. The van der Waals surface area contributed by atoms with Crippen molar-refractivity contribution < 1.29 is 4.79 Å². The molecule has 0 bridgehead atoms. The molecule has 0 aliphatic carbocycles. The Morgan fingerprint density at radius 1 is 1.50 bits per heavy atom. The largest absolute Gasteiger partial charge is 0.368 e. The van der Waals surface area contributed by atoms with Crippen LogP contribution in [0.4, 0.5) is 0 Å². The summed E-state index contributed by atoms with van der Waals surface area (Å²) in [5, 5.41) is 2.25. The maximum atomic E-state index is 11.3. The van der Waals surface area contributed by atoms with Gasteiger partial charge in [0.05, 0.1) is 6.04 Å². The molecule has 22 heavy (non-hydrogen) atoms. The van der Waals surface area contributed by atoms with Crippen LogP contribution in [0, 0.1) is 5.92 Å². The minimum absolute atomic E-state index is 0.00974. The quantitative estimate of drug-likeness (QED) is 0.389. The van der Waals surface area contributed by atoms with Crippen molar-refractivity contribution in [3.63, 3.8) is 0 Å². The molecule has 0 aromatic carbocycles. The number of unbranched alkanes of at least 4 members (excludes halogenated alkanes) is 1. The highest BCUT2D eigenvalue weighted by Crippen LogP contribution is 2.64. The fraction of sp³-hybridized carbons (Fsp3) is 0.588. The van der Waals surface area contributed by atoms with Gasteiger partial charge >= 0.3 is 0 Å². The van der Waals surface area contributed by atoms with Crippen LogP contribution in [0.15, 0.2) is 31.7 Å². The van der Waals surface area contributed by atoms with Gasteiger partial charge in [-0.25, -0.2) is 0 Å². The molecule has 3 heterocycles. The number of carbonyl (C=O) groups excluding carboxylic acids is 1. The molecule has 3 aliphatic heterocycles. The number of halogens is 1. The molecule has 0 amide bonds. The number of thioether (sulfide) groups is 2. The van der Waals surface area contributed by atoms with Crippen LogP contribution in [0.2, 0.25) is 0 Å². The second-order valence-corrected chi connectivity index (χ2v) is 10.00. The lowest BCUT2D eigenvalue weighted by molar-refractivity contribution is -0.104. The van der Waals surface area contributed by atoms with Gasteiger partial charge in [-0.05, 0) is 46.4 Å². The van der Waals surface area contributed by atoms with Crippen molar-refractivity contribution in [2.45, 2.75) is 49.7 Å². The lowest BCUT2D eigenvalue weighted by Crippen LogP contribution is -2.39. The van der Waals surface area contributed by atoms with E-state index in [0.717, 1.165) is 23.7 Å². The minimum Gasteiger partial charge on any atom is -0.368 e. The Labute approximate surface area is 155 Å². The second-order valence-electron chi connectivity index (χ2n) is 6.14. The van der Waals surface area contributed by atoms with E-state index in [2.05, 4.69) is 59.0 Å². The Balaban J connectivity index is 1.81. The molecular formula is C17H22INOS2. The van der Waals surface area contributed by atoms with E-state index >= 15 is 0 Å². The summed E-state index contributed by atoms with van der Waals surface area (Å²) in [6.07, 6.45) is 10.7. The van der Waals surface area contributed by atoms with Crippen molar-refractivity contribution >= 4 is 52.4 Å². The molecule has 0 aromatic heterocycles. The number of hydrogen-bond donors (Lipinski definition) is 0. The molecular weight excluding hydrogens is 425 g/mol. The zero-order chi connectivity index (χ0) is 15.7. The standard InChI is InChI=1S/C17H22INOS2/c1-3-5-6-12(4-2)8-19-9-14-15(18)11-21-17(14)16(19)7-13(10-20)22-17/h7,9-12,16H,3-6,8H2,1-2H3. The van der Waals surface area contributed by atoms with Crippen molar-refractivity contribution in [2.75, 3.05) is 6.54 Å². The Bertz CT molecular complexity index is 557. The van der Waals surface area contributed by atoms with Gasteiger partial charge < -0.3 is 4.90 Å². The fourth-order valence-corrected chi connectivity index (χ4v) is 7.60. The molecule has 0 N–H and O–H groups in total. The van der Waals surface area contributed by atoms with Crippen LogP contribution >= 0.6 is 46.1 Å². The van der Waals surface area contributed by atoms with Crippen LogP contribution in [0.1, 0.15) is 39.5 Å². The van der Waals surface area contributed by atoms with Crippen LogP contribution in [-0.4, -0.2) is 27.9 Å². The van der Waals surface area contributed by atoms with Crippen molar-refractivity contribution in [1.29, 1.82) is 0 Å². The van der Waals surface area contributed by atoms with Gasteiger partial charge in [0.2, 0.25) is 0 Å². The first-order valence-corrected chi connectivity index (χ1v) is 10.8. The third-order valence-corrected chi connectivity index (χ3v) is 8.98. The lowest BCUT2D eigenvalue weighted by Gasteiger charge is -2.33. The summed E-state index contributed by atoms with van der Waals surface area (Å²) >= 11 is 6.07. The van der Waals surface area contributed by atoms with Crippen molar-refractivity contribution in [1.82, 2.24) is 4.90 Å². The molecule has 3 atom stereocenters. The summed E-state index contributed by atoms with van der Waals surface area (Å²) < 4.78 is 1.35. The molecule has 3 unspecified atom stereocenters. The van der Waals surface area contributed by atoms with E-state index in [1.165, 1.54) is 34.8 Å². The van der Waals surface area contributed by atoms with Gasteiger partial charge in [0.15, 0.2) is 6.29 Å². The monoisotopic (exact) mass is 447 g/mol. The first-order valence-electron chi connectivity index (χ1n) is 8.02. The predicted octanol–water partition coefficient (Wildman–Crippen LogP) is 5.32. The van der Waals surface area contributed by atoms with Gasteiger partial charge in [0, 0.05) is 26.8 Å². The zero-order valence-corrected chi connectivity index (χ0v) is 16.8. The summed E-state index contributed by atoms with van der Waals surface area (Å²) in [5.41, 5.74) is 1.41. The minimum atomic E-state index is 0.00974. The predicted molar refractivity (Wildman–Crippen MR) is 106 cm³/mol. The third-order valence-electron chi connectivity index (χ3n) is 4.73. The first kappa shape index (κ1) is 17.0. The average molecular weight is 447 g/mol. The highest BCUT2D eigenvalue weighted by Gasteiger charge is 2.56. The van der Waals surface area contributed by atoms with Gasteiger partial charge in [-0.1, -0.05) is 44.9 Å². The average Bonchev–Trinajstić information content (AvgIpc) is 3.13. The Morgan fingerprint density at radius 3 is 3.00 bits per heavy atom. The maximum absolute atomic E-state index is 11.3. The summed E-state index contributed by atoms with van der Waals surface area (Å²) in [6.45, 7) is 5.68. The van der Waals surface area contributed by atoms with Crippen LogP contribution in [0.3, 0.4) is 0 Å².